The summed E-state index contributed by atoms with van der Waals surface area (Å²) in [7, 11) is 0. The Kier molecular flexibility index (Phi) is 41.8. The molecule has 0 aliphatic heterocycles. The quantitative estimate of drug-likeness (QED) is 0.0347. The van der Waals surface area contributed by atoms with E-state index in [0.29, 0.717) is 19.3 Å². The number of unbranched alkanes of at least 4 members (excludes halogenated alkanes) is 29. The maximum absolute atomic E-state index is 12.7. The summed E-state index contributed by atoms with van der Waals surface area (Å²) in [6.45, 7) is 11.3. The minimum absolute atomic E-state index is 0.0647. The largest absolute Gasteiger partial charge is 0.462 e. The fraction of sp³-hybridized carbons (Fsp3) is 0.940. The van der Waals surface area contributed by atoms with Gasteiger partial charge in [0.15, 0.2) is 6.10 Å². The van der Waals surface area contributed by atoms with Crippen molar-refractivity contribution in [2.24, 2.45) is 11.8 Å². The lowest BCUT2D eigenvalue weighted by Gasteiger charge is -2.18. The molecule has 0 aliphatic carbocycles. The van der Waals surface area contributed by atoms with Crippen LogP contribution in [0.15, 0.2) is 0 Å². The molecule has 56 heavy (non-hydrogen) atoms. The number of ether oxygens (including phenoxy) is 3. The molecule has 0 unspecified atom stereocenters. The molecular weight excluding hydrogens is 697 g/mol. The average molecular weight is 793 g/mol. The van der Waals surface area contributed by atoms with Gasteiger partial charge in [0.2, 0.25) is 0 Å². The standard InChI is InChI=1S/C50H96O6/c1-6-7-8-9-10-11-20-25-30-35-40-48(51)54-43-47(56-50(53)42-37-32-27-22-24-29-34-39-46(4)5)44-55-49(52)41-36-31-26-21-18-16-14-12-13-15-17-19-23-28-33-38-45(2)3/h45-47H,6-44H2,1-5H3/t47-/m0/s1. The molecule has 0 aromatic heterocycles. The van der Waals surface area contributed by atoms with Crippen molar-refractivity contribution in [1.29, 1.82) is 0 Å². The first-order valence-corrected chi connectivity index (χ1v) is 24.7. The van der Waals surface area contributed by atoms with E-state index in [4.69, 9.17) is 14.2 Å². The number of esters is 3. The van der Waals surface area contributed by atoms with Gasteiger partial charge in [-0.05, 0) is 31.1 Å². The minimum atomic E-state index is -0.761. The van der Waals surface area contributed by atoms with Gasteiger partial charge < -0.3 is 14.2 Å². The first-order chi connectivity index (χ1) is 27.2. The van der Waals surface area contributed by atoms with Gasteiger partial charge in [0, 0.05) is 19.3 Å². The molecule has 0 aromatic rings. The van der Waals surface area contributed by atoms with Gasteiger partial charge in [0.1, 0.15) is 13.2 Å². The van der Waals surface area contributed by atoms with Crippen molar-refractivity contribution in [1.82, 2.24) is 0 Å². The van der Waals surface area contributed by atoms with Gasteiger partial charge in [0.05, 0.1) is 0 Å². The van der Waals surface area contributed by atoms with E-state index in [0.717, 1.165) is 69.6 Å². The van der Waals surface area contributed by atoms with Crippen LogP contribution in [-0.2, 0) is 28.6 Å². The van der Waals surface area contributed by atoms with Crippen molar-refractivity contribution in [2.75, 3.05) is 13.2 Å². The first kappa shape index (κ1) is 54.4. The van der Waals surface area contributed by atoms with Crippen molar-refractivity contribution < 1.29 is 28.6 Å². The lowest BCUT2D eigenvalue weighted by atomic mass is 10.0. The molecule has 0 fully saturated rings. The zero-order valence-electron chi connectivity index (χ0n) is 38.3. The van der Waals surface area contributed by atoms with Gasteiger partial charge >= 0.3 is 17.9 Å². The molecule has 0 saturated heterocycles. The number of hydrogen-bond acceptors (Lipinski definition) is 6. The molecule has 1 atom stereocenters. The van der Waals surface area contributed by atoms with Crippen LogP contribution in [0.3, 0.4) is 0 Å². The number of hydrogen-bond donors (Lipinski definition) is 0. The Labute approximate surface area is 348 Å². The second kappa shape index (κ2) is 43.0. The van der Waals surface area contributed by atoms with E-state index in [1.807, 2.05) is 0 Å². The van der Waals surface area contributed by atoms with Crippen LogP contribution in [0, 0.1) is 11.8 Å². The molecule has 6 heteroatoms. The molecular formula is C50H96O6. The predicted molar refractivity (Wildman–Crippen MR) is 238 cm³/mol. The lowest BCUT2D eigenvalue weighted by Crippen LogP contribution is -2.30. The number of rotatable bonds is 44. The van der Waals surface area contributed by atoms with Crippen LogP contribution < -0.4 is 0 Å². The summed E-state index contributed by atoms with van der Waals surface area (Å²) in [6, 6.07) is 0. The predicted octanol–water partition coefficient (Wildman–Crippen LogP) is 15.8. The molecule has 0 rings (SSSR count). The lowest BCUT2D eigenvalue weighted by molar-refractivity contribution is -0.167. The summed E-state index contributed by atoms with van der Waals surface area (Å²) < 4.78 is 16.7. The molecule has 0 heterocycles. The Balaban J connectivity index is 4.23. The van der Waals surface area contributed by atoms with Gasteiger partial charge in [-0.2, -0.15) is 0 Å². The summed E-state index contributed by atoms with van der Waals surface area (Å²) in [6.07, 6.45) is 42.4. The van der Waals surface area contributed by atoms with Crippen LogP contribution in [0.2, 0.25) is 0 Å². The molecule has 0 saturated carbocycles. The Morgan fingerprint density at radius 3 is 0.875 bits per heavy atom. The third kappa shape index (κ3) is 43.5. The van der Waals surface area contributed by atoms with E-state index in [1.54, 1.807) is 0 Å². The fourth-order valence-electron chi connectivity index (χ4n) is 7.46. The van der Waals surface area contributed by atoms with E-state index < -0.39 is 6.10 Å². The van der Waals surface area contributed by atoms with Gasteiger partial charge in [-0.1, -0.05) is 234 Å². The van der Waals surface area contributed by atoms with E-state index in [2.05, 4.69) is 34.6 Å². The van der Waals surface area contributed by atoms with Gasteiger partial charge in [0.25, 0.3) is 0 Å². The Morgan fingerprint density at radius 2 is 0.589 bits per heavy atom. The van der Waals surface area contributed by atoms with E-state index in [-0.39, 0.29) is 31.1 Å². The van der Waals surface area contributed by atoms with Crippen molar-refractivity contribution in [3.8, 4) is 0 Å². The molecule has 0 spiro atoms. The highest BCUT2D eigenvalue weighted by Crippen LogP contribution is 2.17. The average Bonchev–Trinajstić information content (AvgIpc) is 3.16. The zero-order valence-corrected chi connectivity index (χ0v) is 38.3. The van der Waals surface area contributed by atoms with Crippen molar-refractivity contribution in [2.45, 2.75) is 278 Å². The minimum Gasteiger partial charge on any atom is -0.462 e. The highest BCUT2D eigenvalue weighted by molar-refractivity contribution is 5.71. The molecule has 332 valence electrons. The van der Waals surface area contributed by atoms with Crippen LogP contribution in [0.25, 0.3) is 0 Å². The van der Waals surface area contributed by atoms with Crippen LogP contribution in [-0.4, -0.2) is 37.2 Å². The Morgan fingerprint density at radius 1 is 0.339 bits per heavy atom. The van der Waals surface area contributed by atoms with Crippen molar-refractivity contribution >= 4 is 17.9 Å². The van der Waals surface area contributed by atoms with E-state index >= 15 is 0 Å². The summed E-state index contributed by atoms with van der Waals surface area (Å²) >= 11 is 0. The van der Waals surface area contributed by atoms with Crippen molar-refractivity contribution in [3.05, 3.63) is 0 Å². The zero-order chi connectivity index (χ0) is 41.2. The topological polar surface area (TPSA) is 78.9 Å². The highest BCUT2D eigenvalue weighted by atomic mass is 16.6. The highest BCUT2D eigenvalue weighted by Gasteiger charge is 2.19. The van der Waals surface area contributed by atoms with Gasteiger partial charge in [-0.15, -0.1) is 0 Å². The molecule has 0 aromatic carbocycles. The number of carbonyl (C=O) groups excluding carboxylic acids is 3. The third-order valence-electron chi connectivity index (χ3n) is 11.2. The van der Waals surface area contributed by atoms with E-state index in [1.165, 1.54) is 161 Å². The van der Waals surface area contributed by atoms with Crippen molar-refractivity contribution in [3.63, 3.8) is 0 Å². The van der Waals surface area contributed by atoms with Gasteiger partial charge in [-0.25, -0.2) is 0 Å². The summed E-state index contributed by atoms with van der Waals surface area (Å²) in [5.41, 5.74) is 0. The number of carbonyl (C=O) groups is 3. The molecule has 6 nitrogen and oxygen atoms in total. The second-order valence-corrected chi connectivity index (χ2v) is 18.1. The second-order valence-electron chi connectivity index (χ2n) is 18.1. The molecule has 0 N–H and O–H groups in total. The van der Waals surface area contributed by atoms with Crippen LogP contribution >= 0.6 is 0 Å². The fourth-order valence-corrected chi connectivity index (χ4v) is 7.46. The van der Waals surface area contributed by atoms with Gasteiger partial charge in [-0.3, -0.25) is 14.4 Å². The Hall–Kier alpha value is -1.59. The molecule has 0 bridgehead atoms. The molecule has 0 radical (unpaired) electrons. The maximum atomic E-state index is 12.7. The first-order valence-electron chi connectivity index (χ1n) is 24.7. The smallest absolute Gasteiger partial charge is 0.306 e. The monoisotopic (exact) mass is 793 g/mol. The summed E-state index contributed by atoms with van der Waals surface area (Å²) in [5, 5.41) is 0. The SMILES string of the molecule is CCCCCCCCCCCCC(=O)OC[C@@H](COC(=O)CCCCCCCCCCCCCCCCCC(C)C)OC(=O)CCCCCCCCCC(C)C. The Bertz CT molecular complexity index is 854. The molecule has 0 amide bonds. The normalized spacial score (nSPS) is 12.1. The van der Waals surface area contributed by atoms with Crippen LogP contribution in [0.1, 0.15) is 272 Å². The van der Waals surface area contributed by atoms with E-state index in [9.17, 15) is 14.4 Å². The summed E-state index contributed by atoms with van der Waals surface area (Å²) in [4.78, 5) is 37.8. The van der Waals surface area contributed by atoms with Crippen LogP contribution in [0.4, 0.5) is 0 Å². The summed E-state index contributed by atoms with van der Waals surface area (Å²) in [5.74, 6) is 0.771. The van der Waals surface area contributed by atoms with Crippen LogP contribution in [0.5, 0.6) is 0 Å². The molecule has 0 aliphatic rings. The third-order valence-corrected chi connectivity index (χ3v) is 11.2. The maximum Gasteiger partial charge on any atom is 0.306 e.